The molecule has 1 aromatic carbocycles. The van der Waals surface area contributed by atoms with Crippen LogP contribution in [0.3, 0.4) is 0 Å². The van der Waals surface area contributed by atoms with E-state index in [0.717, 1.165) is 50.2 Å². The number of hydrogen-bond donors (Lipinski definition) is 0. The third-order valence-corrected chi connectivity index (χ3v) is 5.41. The van der Waals surface area contributed by atoms with Crippen molar-refractivity contribution in [3.05, 3.63) is 83.1 Å². The van der Waals surface area contributed by atoms with Gasteiger partial charge in [-0.05, 0) is 54.9 Å². The maximum atomic E-state index is 12.5. The number of likely N-dealkylation sites (N-methyl/N-ethyl adjacent to an activating group) is 1. The van der Waals surface area contributed by atoms with E-state index in [1.54, 1.807) is 0 Å². The van der Waals surface area contributed by atoms with Crippen LogP contribution in [0.4, 0.5) is 0 Å². The zero-order valence-corrected chi connectivity index (χ0v) is 17.1. The third-order valence-electron chi connectivity index (χ3n) is 5.41. The molecule has 3 nitrogen and oxygen atoms in total. The number of ether oxygens (including phenoxy) is 1. The first-order valence-electron chi connectivity index (χ1n) is 10.3. The molecule has 0 bridgehead atoms. The maximum Gasteiger partial charge on any atom is 0.166 e. The molecule has 1 saturated heterocycles. The molecular weight excluding hydrogens is 358 g/mol. The summed E-state index contributed by atoms with van der Waals surface area (Å²) in [6, 6.07) is 8.17. The van der Waals surface area contributed by atoms with E-state index in [1.807, 2.05) is 38.4 Å². The van der Waals surface area contributed by atoms with Gasteiger partial charge in [0.25, 0.3) is 0 Å². The van der Waals surface area contributed by atoms with Crippen molar-refractivity contribution in [2.24, 2.45) is 0 Å². The molecule has 1 aromatic rings. The molecular formula is C26H35NO2. The van der Waals surface area contributed by atoms with Gasteiger partial charge in [-0.2, -0.15) is 0 Å². The fourth-order valence-corrected chi connectivity index (χ4v) is 3.63. The second-order valence-electron chi connectivity index (χ2n) is 7.71. The Morgan fingerprint density at radius 3 is 2.52 bits per heavy atom. The van der Waals surface area contributed by atoms with Crippen molar-refractivity contribution in [1.82, 2.24) is 4.90 Å². The predicted molar refractivity (Wildman–Crippen MR) is 122 cm³/mol. The van der Waals surface area contributed by atoms with Gasteiger partial charge < -0.3 is 9.64 Å². The highest BCUT2D eigenvalue weighted by atomic mass is 16.5. The first-order chi connectivity index (χ1) is 13.6. The van der Waals surface area contributed by atoms with Crippen LogP contribution in [0.15, 0.2) is 72.0 Å². The first kappa shape index (κ1) is 22.9. The average molecular weight is 394 g/mol. The van der Waals surface area contributed by atoms with Gasteiger partial charge in [-0.1, -0.05) is 56.0 Å². The number of Topliss-reactive ketones (excluding diaryl/α,β-unsaturated/α-hetero) is 1. The van der Waals surface area contributed by atoms with E-state index in [9.17, 15) is 4.79 Å². The number of benzene rings is 1. The summed E-state index contributed by atoms with van der Waals surface area (Å²) in [4.78, 5) is 14.6. The molecule has 0 radical (unpaired) electrons. The van der Waals surface area contributed by atoms with Crippen LogP contribution >= 0.6 is 0 Å². The van der Waals surface area contributed by atoms with Crippen molar-refractivity contribution < 1.29 is 9.53 Å². The number of carbonyl (C=O) groups excluding carboxylic acids is 1. The Morgan fingerprint density at radius 2 is 1.90 bits per heavy atom. The maximum absolute atomic E-state index is 12.5. The second kappa shape index (κ2) is 11.6. The molecule has 0 atom stereocenters. The molecule has 29 heavy (non-hydrogen) atoms. The summed E-state index contributed by atoms with van der Waals surface area (Å²) < 4.78 is 5.43. The van der Waals surface area contributed by atoms with Crippen molar-refractivity contribution in [2.75, 3.05) is 27.3 Å². The smallest absolute Gasteiger partial charge is 0.166 e. The lowest BCUT2D eigenvalue weighted by molar-refractivity contribution is 0.0853. The number of allylic oxidation sites excluding steroid dienone is 7. The summed E-state index contributed by atoms with van der Waals surface area (Å²) in [5.41, 5.74) is 4.55. The number of rotatable bonds is 7. The summed E-state index contributed by atoms with van der Waals surface area (Å²) in [6.45, 7) is 1.68. The van der Waals surface area contributed by atoms with Gasteiger partial charge in [-0.15, -0.1) is 0 Å². The van der Waals surface area contributed by atoms with E-state index in [-0.39, 0.29) is 13.2 Å². The predicted octanol–water partition coefficient (Wildman–Crippen LogP) is 6.07. The Hall–Kier alpha value is -2.39. The molecule has 0 aromatic heterocycles. The summed E-state index contributed by atoms with van der Waals surface area (Å²) >= 11 is 0. The lowest BCUT2D eigenvalue weighted by Gasteiger charge is -2.22. The summed E-state index contributed by atoms with van der Waals surface area (Å²) in [5, 5.41) is 0. The Bertz CT molecular complexity index is 775. The molecule has 0 spiro atoms. The van der Waals surface area contributed by atoms with E-state index in [1.165, 1.54) is 11.1 Å². The van der Waals surface area contributed by atoms with Crippen molar-refractivity contribution in [1.29, 1.82) is 0 Å². The molecule has 0 unspecified atom stereocenters. The molecule has 2 aliphatic rings. The topological polar surface area (TPSA) is 29.5 Å². The van der Waals surface area contributed by atoms with Gasteiger partial charge in [0.2, 0.25) is 0 Å². The molecule has 1 fully saturated rings. The Kier molecular flexibility index (Phi) is 9.14. The highest BCUT2D eigenvalue weighted by molar-refractivity contribution is 5.97. The van der Waals surface area contributed by atoms with Gasteiger partial charge in [-0.3, -0.25) is 4.79 Å². The fourth-order valence-electron chi connectivity index (χ4n) is 3.63. The number of hydrogen-bond acceptors (Lipinski definition) is 3. The van der Waals surface area contributed by atoms with Crippen LogP contribution < -0.4 is 0 Å². The molecule has 1 heterocycles. The highest BCUT2D eigenvalue weighted by Crippen LogP contribution is 2.27. The Labute approximate surface area is 176 Å². The zero-order chi connectivity index (χ0) is 19.8. The SMILES string of the molecule is C.CN(C)C(/C=C\CC(=O)c1ccc(C2CCOCC2)cc1)=C/C1=CC=CCC1. The van der Waals surface area contributed by atoms with Gasteiger partial charge in [-0.25, -0.2) is 0 Å². The van der Waals surface area contributed by atoms with Crippen LogP contribution in [0, 0.1) is 0 Å². The molecule has 156 valence electrons. The number of ketones is 1. The van der Waals surface area contributed by atoms with Crippen molar-refractivity contribution in [3.63, 3.8) is 0 Å². The second-order valence-corrected chi connectivity index (χ2v) is 7.71. The van der Waals surface area contributed by atoms with Crippen molar-refractivity contribution >= 4 is 5.78 Å². The minimum Gasteiger partial charge on any atom is -0.381 e. The summed E-state index contributed by atoms with van der Waals surface area (Å²) in [5.74, 6) is 0.724. The van der Waals surface area contributed by atoms with E-state index in [0.29, 0.717) is 12.3 Å². The van der Waals surface area contributed by atoms with Gasteiger partial charge in [0.1, 0.15) is 0 Å². The quantitative estimate of drug-likeness (QED) is 0.416. The molecule has 0 amide bonds. The van der Waals surface area contributed by atoms with Gasteiger partial charge >= 0.3 is 0 Å². The molecule has 0 saturated carbocycles. The standard InChI is InChI=1S/C25H31NO2.CH4/c1-26(2)24(19-20-7-4-3-5-8-20)9-6-10-25(27)23-13-11-21(12-14-23)22-15-17-28-18-16-22;/h3-4,6-7,9,11-14,19,22H,5,8,10,15-18H2,1-2H3;1H4/b9-6-,24-19+;. The summed E-state index contributed by atoms with van der Waals surface area (Å²) in [7, 11) is 4.07. The Morgan fingerprint density at radius 1 is 1.17 bits per heavy atom. The van der Waals surface area contributed by atoms with Crippen LogP contribution in [-0.4, -0.2) is 38.0 Å². The van der Waals surface area contributed by atoms with E-state index in [4.69, 9.17) is 4.74 Å². The van der Waals surface area contributed by atoms with Crippen LogP contribution in [-0.2, 0) is 4.74 Å². The monoisotopic (exact) mass is 393 g/mol. The minimum atomic E-state index is 0. The average Bonchev–Trinajstić information content (AvgIpc) is 2.74. The molecule has 3 rings (SSSR count). The first-order valence-corrected chi connectivity index (χ1v) is 10.3. The van der Waals surface area contributed by atoms with Crippen LogP contribution in [0.2, 0.25) is 0 Å². The number of nitrogens with zero attached hydrogens (tertiary/aromatic N) is 1. The van der Waals surface area contributed by atoms with Gasteiger partial charge in [0.15, 0.2) is 5.78 Å². The number of carbonyl (C=O) groups is 1. The molecule has 3 heteroatoms. The lowest BCUT2D eigenvalue weighted by Crippen LogP contribution is -2.14. The molecule has 1 aliphatic carbocycles. The van der Waals surface area contributed by atoms with E-state index < -0.39 is 0 Å². The van der Waals surface area contributed by atoms with E-state index in [2.05, 4.69) is 41.3 Å². The largest absolute Gasteiger partial charge is 0.381 e. The van der Waals surface area contributed by atoms with Gasteiger partial charge in [0.05, 0.1) is 0 Å². The lowest BCUT2D eigenvalue weighted by atomic mass is 9.91. The van der Waals surface area contributed by atoms with Gasteiger partial charge in [0, 0.05) is 45.0 Å². The van der Waals surface area contributed by atoms with Crippen LogP contribution in [0.25, 0.3) is 0 Å². The normalized spacial score (nSPS) is 17.7. The third kappa shape index (κ3) is 6.86. The highest BCUT2D eigenvalue weighted by Gasteiger charge is 2.16. The molecule has 1 aliphatic heterocycles. The minimum absolute atomic E-state index is 0. The fraction of sp³-hybridized carbons (Fsp3) is 0.423. The van der Waals surface area contributed by atoms with Crippen LogP contribution in [0.1, 0.15) is 61.4 Å². The van der Waals surface area contributed by atoms with Crippen molar-refractivity contribution in [3.8, 4) is 0 Å². The van der Waals surface area contributed by atoms with Crippen LogP contribution in [0.5, 0.6) is 0 Å². The summed E-state index contributed by atoms with van der Waals surface area (Å²) in [6.07, 6.45) is 17.4. The zero-order valence-electron chi connectivity index (χ0n) is 17.1. The van der Waals surface area contributed by atoms with E-state index >= 15 is 0 Å². The molecule has 0 N–H and O–H groups in total. The van der Waals surface area contributed by atoms with Crippen molar-refractivity contribution in [2.45, 2.75) is 45.4 Å². The Balaban J connectivity index is 0.00000300.